The number of aliphatic hydroxyl groups excluding tert-OH is 1. The molecule has 0 fully saturated rings. The van der Waals surface area contributed by atoms with Gasteiger partial charge in [-0.2, -0.15) is 0 Å². The van der Waals surface area contributed by atoms with Crippen molar-refractivity contribution in [1.29, 1.82) is 0 Å². The molecule has 6 nitrogen and oxygen atoms in total. The lowest BCUT2D eigenvalue weighted by Crippen LogP contribution is -2.31. The van der Waals surface area contributed by atoms with Crippen molar-refractivity contribution in [1.82, 2.24) is 5.48 Å². The number of hydrogen-bond acceptors (Lipinski definition) is 5. The summed E-state index contributed by atoms with van der Waals surface area (Å²) < 4.78 is 34.9. The molecule has 0 saturated heterocycles. The van der Waals surface area contributed by atoms with Crippen LogP contribution >= 0.6 is 50.1 Å². The van der Waals surface area contributed by atoms with E-state index in [-0.39, 0.29) is 34.0 Å². The number of benzene rings is 3. The third-order valence-electron chi connectivity index (χ3n) is 4.22. The molecule has 0 saturated carbocycles. The number of carbonyl (C=O) groups excluding carboxylic acids is 1. The first-order valence-corrected chi connectivity index (χ1v) is 11.7. The summed E-state index contributed by atoms with van der Waals surface area (Å²) in [5.74, 6) is -2.75. The van der Waals surface area contributed by atoms with Crippen LogP contribution in [0.25, 0.3) is 0 Å². The Kier molecular flexibility index (Phi) is 9.27. The summed E-state index contributed by atoms with van der Waals surface area (Å²) in [7, 11) is 0. The Morgan fingerprint density at radius 2 is 1.85 bits per heavy atom. The average Bonchev–Trinajstić information content (AvgIpc) is 2.80. The van der Waals surface area contributed by atoms with E-state index >= 15 is 0 Å². The molecule has 0 aromatic heterocycles. The molecule has 3 N–H and O–H groups in total. The molecule has 3 aromatic carbocycles. The Morgan fingerprint density at radius 3 is 2.55 bits per heavy atom. The van der Waals surface area contributed by atoms with E-state index < -0.39 is 29.3 Å². The lowest BCUT2D eigenvalue weighted by atomic mass is 10.1. The van der Waals surface area contributed by atoms with Crippen LogP contribution in [0.2, 0.25) is 5.02 Å². The van der Waals surface area contributed by atoms with Crippen LogP contribution in [0.3, 0.4) is 0 Å². The minimum absolute atomic E-state index is 0.0747. The van der Waals surface area contributed by atoms with Crippen LogP contribution in [-0.4, -0.2) is 30.3 Å². The zero-order chi connectivity index (χ0) is 24.0. The molecule has 0 radical (unpaired) electrons. The number of amides is 1. The molecule has 174 valence electrons. The average molecular weight is 654 g/mol. The monoisotopic (exact) mass is 652 g/mol. The topological polar surface area (TPSA) is 79.8 Å². The van der Waals surface area contributed by atoms with Gasteiger partial charge < -0.3 is 15.2 Å². The molecular weight excluding hydrogens is 637 g/mol. The van der Waals surface area contributed by atoms with E-state index in [4.69, 9.17) is 21.2 Å². The summed E-state index contributed by atoms with van der Waals surface area (Å²) >= 11 is 11.1. The molecule has 1 amide bonds. The van der Waals surface area contributed by atoms with Gasteiger partial charge in [-0.3, -0.25) is 9.63 Å². The van der Waals surface area contributed by atoms with Gasteiger partial charge in [-0.25, -0.2) is 14.3 Å². The maximum Gasteiger partial charge on any atom is 0.277 e. The minimum Gasteiger partial charge on any atom is -0.491 e. The van der Waals surface area contributed by atoms with Crippen molar-refractivity contribution in [2.45, 2.75) is 6.10 Å². The zero-order valence-electron chi connectivity index (χ0n) is 16.7. The minimum atomic E-state index is -1.28. The van der Waals surface area contributed by atoms with Crippen molar-refractivity contribution in [3.63, 3.8) is 0 Å². The fourth-order valence-corrected chi connectivity index (χ4v) is 3.94. The van der Waals surface area contributed by atoms with Crippen LogP contribution in [0.1, 0.15) is 10.4 Å². The maximum atomic E-state index is 14.7. The second kappa shape index (κ2) is 11.9. The molecule has 1 atom stereocenters. The van der Waals surface area contributed by atoms with Gasteiger partial charge in [-0.15, -0.1) is 0 Å². The van der Waals surface area contributed by atoms with Gasteiger partial charge in [0, 0.05) is 3.57 Å². The van der Waals surface area contributed by atoms with E-state index in [2.05, 4.69) is 49.3 Å². The van der Waals surface area contributed by atoms with Crippen LogP contribution in [0.15, 0.2) is 59.1 Å². The number of carbonyl (C=O) groups is 1. The van der Waals surface area contributed by atoms with Crippen LogP contribution in [0.5, 0.6) is 5.75 Å². The summed E-state index contributed by atoms with van der Waals surface area (Å²) in [5.41, 5.74) is 1.72. The fourth-order valence-electron chi connectivity index (χ4n) is 2.64. The summed E-state index contributed by atoms with van der Waals surface area (Å²) in [6, 6.07) is 14.9. The molecule has 0 heterocycles. The van der Waals surface area contributed by atoms with E-state index in [9.17, 15) is 18.7 Å². The second-order valence-corrected chi connectivity index (χ2v) is 9.19. The van der Waals surface area contributed by atoms with Crippen molar-refractivity contribution in [2.75, 3.05) is 18.5 Å². The quantitative estimate of drug-likeness (QED) is 0.154. The number of rotatable bonds is 9. The SMILES string of the molecule is O=C(NOCC(O)COc1ccccc1)c1cc(Br)c(F)c(F)c1Nc1ccc(I)cc1Cl. The molecule has 0 aliphatic carbocycles. The number of hydrogen-bond donors (Lipinski definition) is 3. The van der Waals surface area contributed by atoms with Gasteiger partial charge in [0.2, 0.25) is 0 Å². The molecule has 3 rings (SSSR count). The molecule has 33 heavy (non-hydrogen) atoms. The van der Waals surface area contributed by atoms with Gasteiger partial charge in [-0.05, 0) is 74.9 Å². The van der Waals surface area contributed by atoms with Crippen molar-refractivity contribution in [2.24, 2.45) is 0 Å². The zero-order valence-corrected chi connectivity index (χ0v) is 21.2. The van der Waals surface area contributed by atoms with Crippen molar-refractivity contribution < 1.29 is 28.3 Å². The van der Waals surface area contributed by atoms with Crippen molar-refractivity contribution in [3.8, 4) is 5.75 Å². The third kappa shape index (κ3) is 7.00. The highest BCUT2D eigenvalue weighted by atomic mass is 127. The lowest BCUT2D eigenvalue weighted by Gasteiger charge is -2.16. The maximum absolute atomic E-state index is 14.7. The van der Waals surface area contributed by atoms with Gasteiger partial charge in [0.1, 0.15) is 25.1 Å². The number of para-hydroxylation sites is 1. The first kappa shape index (κ1) is 25.6. The molecule has 0 aliphatic heterocycles. The van der Waals surface area contributed by atoms with Gasteiger partial charge in [-0.1, -0.05) is 29.8 Å². The van der Waals surface area contributed by atoms with Gasteiger partial charge >= 0.3 is 0 Å². The Labute approximate surface area is 215 Å². The summed E-state index contributed by atoms with van der Waals surface area (Å²) in [4.78, 5) is 17.7. The number of nitrogens with one attached hydrogen (secondary N) is 2. The predicted octanol–water partition coefficient (Wildman–Crippen LogP) is 5.83. The number of hydroxylamine groups is 1. The molecule has 0 aliphatic rings. The predicted molar refractivity (Wildman–Crippen MR) is 133 cm³/mol. The Morgan fingerprint density at radius 1 is 1.12 bits per heavy atom. The highest BCUT2D eigenvalue weighted by Gasteiger charge is 2.23. The first-order valence-electron chi connectivity index (χ1n) is 9.44. The summed E-state index contributed by atoms with van der Waals surface area (Å²) in [5, 5.41) is 12.9. The van der Waals surface area contributed by atoms with Crippen molar-refractivity contribution >= 4 is 67.4 Å². The normalized spacial score (nSPS) is 11.7. The molecule has 0 spiro atoms. The number of anilines is 2. The smallest absolute Gasteiger partial charge is 0.277 e. The van der Waals surface area contributed by atoms with E-state index in [1.807, 2.05) is 6.07 Å². The van der Waals surface area contributed by atoms with Crippen LogP contribution in [0.4, 0.5) is 20.2 Å². The van der Waals surface area contributed by atoms with Gasteiger partial charge in [0.25, 0.3) is 5.91 Å². The Hall–Kier alpha value is -1.99. The molecule has 1 unspecified atom stereocenters. The number of ether oxygens (including phenoxy) is 1. The summed E-state index contributed by atoms with van der Waals surface area (Å²) in [6.07, 6.45) is -1.05. The fraction of sp³-hybridized carbons (Fsp3) is 0.136. The molecule has 0 bridgehead atoms. The molecular formula is C22H17BrClF2IN2O4. The van der Waals surface area contributed by atoms with Gasteiger partial charge in [0.05, 0.1) is 26.4 Å². The first-order chi connectivity index (χ1) is 15.8. The van der Waals surface area contributed by atoms with Crippen LogP contribution in [-0.2, 0) is 4.84 Å². The number of halogens is 5. The molecule has 11 heteroatoms. The van der Waals surface area contributed by atoms with Gasteiger partial charge in [0.15, 0.2) is 11.6 Å². The van der Waals surface area contributed by atoms with E-state index in [1.54, 1.807) is 42.5 Å². The standard InChI is InChI=1S/C22H17BrClF2IN2O4/c23-16-9-15(21(20(26)19(16)25)28-18-7-6-12(27)8-17(18)24)22(31)29-33-11-13(30)10-32-14-4-2-1-3-5-14/h1-9,13,28,30H,10-11H2,(H,29,31). The highest BCUT2D eigenvalue weighted by molar-refractivity contribution is 14.1. The van der Waals surface area contributed by atoms with Crippen LogP contribution in [0, 0.1) is 15.2 Å². The largest absolute Gasteiger partial charge is 0.491 e. The van der Waals surface area contributed by atoms with E-state index in [0.29, 0.717) is 5.75 Å². The lowest BCUT2D eigenvalue weighted by molar-refractivity contribution is -0.0259. The Bertz CT molecular complexity index is 1140. The van der Waals surface area contributed by atoms with E-state index in [0.717, 1.165) is 9.64 Å². The van der Waals surface area contributed by atoms with Crippen molar-refractivity contribution in [3.05, 3.63) is 84.9 Å². The number of aliphatic hydroxyl groups is 1. The third-order valence-corrected chi connectivity index (χ3v) is 5.78. The van der Waals surface area contributed by atoms with Crippen LogP contribution < -0.4 is 15.5 Å². The summed E-state index contributed by atoms with van der Waals surface area (Å²) in [6.45, 7) is -0.371. The molecule has 3 aromatic rings. The van der Waals surface area contributed by atoms with E-state index in [1.165, 1.54) is 0 Å². The second-order valence-electron chi connectivity index (χ2n) is 6.68. The Balaban J connectivity index is 1.67. The highest BCUT2D eigenvalue weighted by Crippen LogP contribution is 2.34.